The minimum atomic E-state index is -1.87. The largest absolute Gasteiger partial charge is 0.545 e. The van der Waals surface area contributed by atoms with Crippen LogP contribution in [0, 0.1) is 0 Å². The minimum absolute atomic E-state index is 0.200. The summed E-state index contributed by atoms with van der Waals surface area (Å²) < 4.78 is 13.1. The first-order valence-corrected chi connectivity index (χ1v) is 15.4. The van der Waals surface area contributed by atoms with Gasteiger partial charge in [0.05, 0.1) is 16.8 Å². The van der Waals surface area contributed by atoms with Crippen molar-refractivity contribution in [2.24, 2.45) is 0 Å². The lowest BCUT2D eigenvalue weighted by molar-refractivity contribution is -0.0269. The van der Waals surface area contributed by atoms with Crippen LogP contribution >= 0.6 is 0 Å². The first-order valence-electron chi connectivity index (χ1n) is 12.8. The molecule has 2 bridgehead atoms. The Bertz CT molecular complexity index is 707. The SMILES string of the molecule is CC[Si](CC)(CC)OC1=C(N(C(C)C)C(C)C)C2(C)CCC(C)(C1)N2C(=O)OC(C)(C)C. The number of fused-ring (bicyclic) bond motifs is 2. The lowest BCUT2D eigenvalue weighted by Gasteiger charge is -2.54. The van der Waals surface area contributed by atoms with Gasteiger partial charge in [0.1, 0.15) is 11.4 Å². The van der Waals surface area contributed by atoms with Gasteiger partial charge in [-0.1, -0.05) is 20.8 Å². The molecule has 0 aromatic heterocycles. The van der Waals surface area contributed by atoms with Crippen molar-refractivity contribution in [1.82, 2.24) is 9.80 Å². The van der Waals surface area contributed by atoms with Gasteiger partial charge >= 0.3 is 6.09 Å². The zero-order valence-electron chi connectivity index (χ0n) is 23.0. The molecule has 0 aromatic carbocycles. The number of carbonyl (C=O) groups excluding carboxylic acids is 1. The molecule has 0 radical (unpaired) electrons. The molecular formula is C26H50N2O3Si. The summed E-state index contributed by atoms with van der Waals surface area (Å²) in [7, 11) is -1.87. The number of carbonyl (C=O) groups is 1. The lowest BCUT2D eigenvalue weighted by Crippen LogP contribution is -2.63. The Morgan fingerprint density at radius 1 is 1.03 bits per heavy atom. The maximum atomic E-state index is 13.6. The highest BCUT2D eigenvalue weighted by Gasteiger charge is 2.61. The molecule has 2 aliphatic heterocycles. The molecule has 2 heterocycles. The van der Waals surface area contributed by atoms with Crippen LogP contribution in [-0.2, 0) is 9.16 Å². The Labute approximate surface area is 199 Å². The van der Waals surface area contributed by atoms with E-state index in [-0.39, 0.29) is 11.6 Å². The van der Waals surface area contributed by atoms with E-state index < -0.39 is 19.5 Å². The predicted octanol–water partition coefficient (Wildman–Crippen LogP) is 7.29. The fourth-order valence-corrected chi connectivity index (χ4v) is 8.65. The van der Waals surface area contributed by atoms with Crippen LogP contribution in [0.1, 0.15) is 102 Å². The fraction of sp³-hybridized carbons (Fsp3) is 0.885. The molecule has 0 N–H and O–H groups in total. The summed E-state index contributed by atoms with van der Waals surface area (Å²) in [6.07, 6.45) is 2.46. The monoisotopic (exact) mass is 466 g/mol. The number of nitrogens with zero attached hydrogens (tertiary/aromatic N) is 2. The van der Waals surface area contributed by atoms with Gasteiger partial charge in [-0.25, -0.2) is 4.79 Å². The molecule has 0 saturated carbocycles. The van der Waals surface area contributed by atoms with Gasteiger partial charge in [0.15, 0.2) is 0 Å². The van der Waals surface area contributed by atoms with Gasteiger partial charge in [-0.3, -0.25) is 4.90 Å². The number of rotatable bonds is 8. The number of hydrogen-bond donors (Lipinski definition) is 0. The van der Waals surface area contributed by atoms with E-state index in [1.807, 2.05) is 20.8 Å². The van der Waals surface area contributed by atoms with Crippen molar-refractivity contribution in [3.8, 4) is 0 Å². The standard InChI is InChI=1S/C26H50N2O3Si/c1-13-32(14-2,15-3)31-21-18-25(11)16-17-26(12,22(21)27(19(4)5)20(6)7)28(25)23(29)30-24(8,9)10/h19-20H,13-18H2,1-12H3. The van der Waals surface area contributed by atoms with Crippen molar-refractivity contribution in [1.29, 1.82) is 0 Å². The maximum Gasteiger partial charge on any atom is 0.411 e. The molecule has 6 heteroatoms. The van der Waals surface area contributed by atoms with Crippen LogP contribution in [0.5, 0.6) is 0 Å². The summed E-state index contributed by atoms with van der Waals surface area (Å²) in [6.45, 7) is 26.2. The first-order chi connectivity index (χ1) is 14.6. The molecule has 5 nitrogen and oxygen atoms in total. The average Bonchev–Trinajstić information content (AvgIpc) is 2.87. The van der Waals surface area contributed by atoms with Crippen LogP contribution in [0.3, 0.4) is 0 Å². The Hall–Kier alpha value is -1.17. The molecule has 2 atom stereocenters. The van der Waals surface area contributed by atoms with Crippen molar-refractivity contribution in [3.63, 3.8) is 0 Å². The summed E-state index contributed by atoms with van der Waals surface area (Å²) >= 11 is 0. The molecule has 1 amide bonds. The highest BCUT2D eigenvalue weighted by Crippen LogP contribution is 2.55. The second-order valence-electron chi connectivity index (χ2n) is 12.0. The van der Waals surface area contributed by atoms with Crippen LogP contribution in [0.25, 0.3) is 0 Å². The van der Waals surface area contributed by atoms with Gasteiger partial charge in [0.25, 0.3) is 0 Å². The third-order valence-corrected chi connectivity index (χ3v) is 12.3. The van der Waals surface area contributed by atoms with Crippen LogP contribution in [0.15, 0.2) is 11.5 Å². The second kappa shape index (κ2) is 9.23. The van der Waals surface area contributed by atoms with Crippen LogP contribution in [-0.4, -0.2) is 53.0 Å². The maximum absolute atomic E-state index is 13.6. The molecule has 2 unspecified atom stereocenters. The van der Waals surface area contributed by atoms with Gasteiger partial charge in [-0.05, 0) is 93.3 Å². The molecule has 186 valence electrons. The molecular weight excluding hydrogens is 416 g/mol. The second-order valence-corrected chi connectivity index (χ2v) is 16.7. The summed E-state index contributed by atoms with van der Waals surface area (Å²) in [5.41, 5.74) is -0.0241. The molecule has 1 saturated heterocycles. The van der Waals surface area contributed by atoms with E-state index in [1.54, 1.807) is 0 Å². The Balaban J connectivity index is 2.73. The first kappa shape index (κ1) is 27.1. The summed E-state index contributed by atoms with van der Waals surface area (Å²) in [4.78, 5) is 18.1. The summed E-state index contributed by atoms with van der Waals surface area (Å²) in [5.74, 6) is 1.15. The van der Waals surface area contributed by atoms with Crippen LogP contribution < -0.4 is 0 Å². The highest BCUT2D eigenvalue weighted by atomic mass is 28.4. The zero-order valence-corrected chi connectivity index (χ0v) is 24.0. The Kier molecular flexibility index (Phi) is 7.81. The van der Waals surface area contributed by atoms with Crippen LogP contribution in [0.2, 0.25) is 18.1 Å². The molecule has 0 aromatic rings. The van der Waals surface area contributed by atoms with E-state index in [0.717, 1.165) is 43.2 Å². The molecule has 1 fully saturated rings. The van der Waals surface area contributed by atoms with Gasteiger partial charge < -0.3 is 14.1 Å². The van der Waals surface area contributed by atoms with Crippen LogP contribution in [0.4, 0.5) is 4.79 Å². The van der Waals surface area contributed by atoms with E-state index in [9.17, 15) is 4.79 Å². The zero-order chi connectivity index (χ0) is 24.7. The number of amides is 1. The van der Waals surface area contributed by atoms with Crippen molar-refractivity contribution in [2.75, 3.05) is 0 Å². The normalized spacial score (nSPS) is 26.2. The fourth-order valence-electron chi connectivity index (χ4n) is 6.03. The summed E-state index contributed by atoms with van der Waals surface area (Å²) in [6, 6.07) is 3.97. The topological polar surface area (TPSA) is 42.0 Å². The number of hydrogen-bond acceptors (Lipinski definition) is 4. The Morgan fingerprint density at radius 2 is 1.53 bits per heavy atom. The molecule has 2 rings (SSSR count). The number of ether oxygens (including phenoxy) is 1. The van der Waals surface area contributed by atoms with Crippen molar-refractivity contribution in [3.05, 3.63) is 11.5 Å². The molecule has 0 spiro atoms. The van der Waals surface area contributed by atoms with Crippen molar-refractivity contribution >= 4 is 14.4 Å². The predicted molar refractivity (Wildman–Crippen MR) is 136 cm³/mol. The third kappa shape index (κ3) is 4.85. The highest BCUT2D eigenvalue weighted by molar-refractivity contribution is 6.73. The van der Waals surface area contributed by atoms with Gasteiger partial charge in [0, 0.05) is 18.5 Å². The van der Waals surface area contributed by atoms with E-state index >= 15 is 0 Å². The molecule has 0 aliphatic carbocycles. The van der Waals surface area contributed by atoms with E-state index in [2.05, 4.69) is 72.1 Å². The van der Waals surface area contributed by atoms with Gasteiger partial charge in [-0.2, -0.15) is 0 Å². The van der Waals surface area contributed by atoms with Gasteiger partial charge in [-0.15, -0.1) is 0 Å². The lowest BCUT2D eigenvalue weighted by atomic mass is 9.86. The third-order valence-electron chi connectivity index (χ3n) is 7.72. The van der Waals surface area contributed by atoms with E-state index in [4.69, 9.17) is 9.16 Å². The van der Waals surface area contributed by atoms with Crippen molar-refractivity contribution in [2.45, 2.75) is 149 Å². The molecule has 2 aliphatic rings. The van der Waals surface area contributed by atoms with E-state index in [1.165, 1.54) is 5.70 Å². The minimum Gasteiger partial charge on any atom is -0.545 e. The average molecular weight is 467 g/mol. The quantitative estimate of drug-likeness (QED) is 0.352. The van der Waals surface area contributed by atoms with Gasteiger partial charge in [0.2, 0.25) is 8.32 Å². The summed E-state index contributed by atoms with van der Waals surface area (Å²) in [5, 5.41) is 0. The van der Waals surface area contributed by atoms with Crippen molar-refractivity contribution < 1.29 is 14.0 Å². The molecule has 32 heavy (non-hydrogen) atoms. The smallest absolute Gasteiger partial charge is 0.411 e. The Morgan fingerprint density at radius 3 is 1.94 bits per heavy atom. The van der Waals surface area contributed by atoms with E-state index in [0.29, 0.717) is 12.1 Å².